The lowest BCUT2D eigenvalue weighted by atomic mass is 10.4. The van der Waals surface area contributed by atoms with Gasteiger partial charge in [-0.3, -0.25) is 4.79 Å². The molecule has 0 aromatic carbocycles. The van der Waals surface area contributed by atoms with Gasteiger partial charge in [0.25, 0.3) is 0 Å². The lowest BCUT2D eigenvalue weighted by molar-refractivity contribution is -0.143. The average molecular weight is 257 g/mol. The van der Waals surface area contributed by atoms with E-state index in [1.54, 1.807) is 19.9 Å². The van der Waals surface area contributed by atoms with Crippen LogP contribution in [0.2, 0.25) is 0 Å². The van der Waals surface area contributed by atoms with E-state index in [1.165, 1.54) is 0 Å². The summed E-state index contributed by atoms with van der Waals surface area (Å²) in [5.74, 6) is -0.508. The molecule has 0 atom stereocenters. The van der Waals surface area contributed by atoms with Crippen molar-refractivity contribution in [3.63, 3.8) is 0 Å². The van der Waals surface area contributed by atoms with Crippen LogP contribution in [0.1, 0.15) is 20.3 Å². The third kappa shape index (κ3) is 16.8. The molecule has 0 aromatic rings. The van der Waals surface area contributed by atoms with E-state index in [-0.39, 0.29) is 11.9 Å². The van der Waals surface area contributed by atoms with Gasteiger partial charge in [0.15, 0.2) is 0 Å². The molecule has 104 valence electrons. The fourth-order valence-corrected chi connectivity index (χ4v) is 0.829. The highest BCUT2D eigenvalue weighted by Crippen LogP contribution is 1.83. The average Bonchev–Trinajstić information content (AvgIpc) is 2.36. The van der Waals surface area contributed by atoms with Crippen LogP contribution in [0.5, 0.6) is 0 Å². The van der Waals surface area contributed by atoms with E-state index in [1.807, 2.05) is 0 Å². The van der Waals surface area contributed by atoms with E-state index >= 15 is 0 Å². The van der Waals surface area contributed by atoms with Gasteiger partial charge in [-0.15, -0.1) is 6.58 Å². The Bertz CT molecular complexity index is 251. The van der Waals surface area contributed by atoms with Gasteiger partial charge in [0.1, 0.15) is 0 Å². The van der Waals surface area contributed by atoms with Gasteiger partial charge in [-0.1, -0.05) is 12.7 Å². The van der Waals surface area contributed by atoms with Gasteiger partial charge in [0.05, 0.1) is 19.6 Å². The summed E-state index contributed by atoms with van der Waals surface area (Å²) in [7, 11) is 0. The van der Waals surface area contributed by atoms with Gasteiger partial charge < -0.3 is 14.8 Å². The van der Waals surface area contributed by atoms with Gasteiger partial charge in [0.2, 0.25) is 0 Å². The van der Waals surface area contributed by atoms with Crippen LogP contribution in [0.25, 0.3) is 0 Å². The molecule has 0 saturated carbocycles. The number of esters is 2. The zero-order valence-corrected chi connectivity index (χ0v) is 11.2. The number of hydrogen-bond donors (Lipinski definition) is 1. The maximum Gasteiger partial charge on any atom is 0.330 e. The zero-order valence-electron chi connectivity index (χ0n) is 11.2. The second kappa shape index (κ2) is 15.4. The Kier molecular flexibility index (Phi) is 16.0. The van der Waals surface area contributed by atoms with Crippen molar-refractivity contribution in [2.45, 2.75) is 20.3 Å². The van der Waals surface area contributed by atoms with E-state index in [0.717, 1.165) is 12.6 Å². The predicted octanol–water partition coefficient (Wildman–Crippen LogP) is 1.45. The summed E-state index contributed by atoms with van der Waals surface area (Å²) in [6.07, 6.45) is 3.33. The Balaban J connectivity index is 0. The molecule has 0 rings (SSSR count). The van der Waals surface area contributed by atoms with E-state index in [9.17, 15) is 9.59 Å². The number of carbonyl (C=O) groups excluding carboxylic acids is 2. The topological polar surface area (TPSA) is 64.6 Å². The molecule has 1 N–H and O–H groups in total. The maximum atomic E-state index is 10.7. The Hall–Kier alpha value is -1.62. The van der Waals surface area contributed by atoms with Gasteiger partial charge in [-0.25, -0.2) is 4.79 Å². The smallest absolute Gasteiger partial charge is 0.330 e. The van der Waals surface area contributed by atoms with Gasteiger partial charge in [-0.2, -0.15) is 0 Å². The van der Waals surface area contributed by atoms with Crippen LogP contribution < -0.4 is 5.32 Å². The second-order valence-electron chi connectivity index (χ2n) is 3.00. The van der Waals surface area contributed by atoms with Crippen molar-refractivity contribution in [1.82, 2.24) is 5.32 Å². The number of nitrogens with one attached hydrogen (secondary N) is 1. The molecule has 0 fully saturated rings. The monoisotopic (exact) mass is 257 g/mol. The molecule has 5 heteroatoms. The van der Waals surface area contributed by atoms with E-state index < -0.39 is 0 Å². The molecule has 0 spiro atoms. The fourth-order valence-electron chi connectivity index (χ4n) is 0.829. The van der Waals surface area contributed by atoms with Crippen molar-refractivity contribution in [3.8, 4) is 0 Å². The highest BCUT2D eigenvalue weighted by atomic mass is 16.5. The predicted molar refractivity (Wildman–Crippen MR) is 71.1 cm³/mol. The van der Waals surface area contributed by atoms with Crippen molar-refractivity contribution in [2.24, 2.45) is 0 Å². The first-order chi connectivity index (χ1) is 8.62. The summed E-state index contributed by atoms with van der Waals surface area (Å²) in [4.78, 5) is 20.8. The molecule has 0 bridgehead atoms. The highest BCUT2D eigenvalue weighted by Gasteiger charge is 1.98. The minimum Gasteiger partial charge on any atom is -0.466 e. The van der Waals surface area contributed by atoms with Crippen LogP contribution in [0.3, 0.4) is 0 Å². The summed E-state index contributed by atoms with van der Waals surface area (Å²) >= 11 is 0. The quantitative estimate of drug-likeness (QED) is 0.308. The first-order valence-corrected chi connectivity index (χ1v) is 5.88. The molecule has 0 aliphatic rings. The van der Waals surface area contributed by atoms with Crippen LogP contribution in [0.15, 0.2) is 25.3 Å². The lowest BCUT2D eigenvalue weighted by Gasteiger charge is -2.01. The summed E-state index contributed by atoms with van der Waals surface area (Å²) in [5.41, 5.74) is 0. The third-order valence-electron chi connectivity index (χ3n) is 1.55. The molecule has 0 amide bonds. The minimum atomic E-state index is -0.359. The molecule has 0 aliphatic heterocycles. The van der Waals surface area contributed by atoms with Crippen molar-refractivity contribution < 1.29 is 19.1 Å². The summed E-state index contributed by atoms with van der Waals surface area (Å²) in [6, 6.07) is 0. The lowest BCUT2D eigenvalue weighted by Crippen LogP contribution is -2.19. The number of ether oxygens (including phenoxy) is 2. The Labute approximate surface area is 109 Å². The van der Waals surface area contributed by atoms with Gasteiger partial charge in [-0.05, 0) is 13.8 Å². The Morgan fingerprint density at radius 2 is 1.78 bits per heavy atom. The van der Waals surface area contributed by atoms with E-state index in [4.69, 9.17) is 4.74 Å². The molecule has 0 saturated heterocycles. The van der Waals surface area contributed by atoms with Gasteiger partial charge in [0, 0.05) is 19.2 Å². The normalized spacial score (nSPS) is 8.56. The van der Waals surface area contributed by atoms with Gasteiger partial charge >= 0.3 is 11.9 Å². The molecule has 18 heavy (non-hydrogen) atoms. The number of hydrogen-bond acceptors (Lipinski definition) is 5. The molecule has 0 heterocycles. The molecular formula is C13H23NO4. The van der Waals surface area contributed by atoms with Crippen LogP contribution in [-0.2, 0) is 19.1 Å². The summed E-state index contributed by atoms with van der Waals surface area (Å²) in [5, 5.41) is 3.01. The fraction of sp³-hybridized carbons (Fsp3) is 0.538. The molecule has 0 aliphatic carbocycles. The van der Waals surface area contributed by atoms with E-state index in [2.05, 4.69) is 23.2 Å². The van der Waals surface area contributed by atoms with Crippen molar-refractivity contribution in [2.75, 3.05) is 26.3 Å². The maximum absolute atomic E-state index is 10.7. The van der Waals surface area contributed by atoms with E-state index in [0.29, 0.717) is 26.2 Å². The van der Waals surface area contributed by atoms with Crippen LogP contribution in [0, 0.1) is 0 Å². The highest BCUT2D eigenvalue weighted by molar-refractivity contribution is 5.81. The molecular weight excluding hydrogens is 234 g/mol. The first kappa shape index (κ1) is 18.7. The first-order valence-electron chi connectivity index (χ1n) is 5.88. The Morgan fingerprint density at radius 3 is 2.17 bits per heavy atom. The number of carbonyl (C=O) groups is 2. The molecule has 0 radical (unpaired) electrons. The molecule has 0 aromatic heterocycles. The zero-order chi connectivity index (χ0) is 14.2. The van der Waals surface area contributed by atoms with Crippen molar-refractivity contribution in [1.29, 1.82) is 0 Å². The minimum absolute atomic E-state index is 0.149. The van der Waals surface area contributed by atoms with Crippen molar-refractivity contribution >= 4 is 11.9 Å². The van der Waals surface area contributed by atoms with Crippen LogP contribution in [0.4, 0.5) is 0 Å². The number of rotatable bonds is 8. The van der Waals surface area contributed by atoms with Crippen LogP contribution >= 0.6 is 0 Å². The van der Waals surface area contributed by atoms with Crippen LogP contribution in [-0.4, -0.2) is 38.2 Å². The molecule has 5 nitrogen and oxygen atoms in total. The summed E-state index contributed by atoms with van der Waals surface area (Å²) in [6.45, 7) is 12.6. The Morgan fingerprint density at radius 1 is 1.17 bits per heavy atom. The molecule has 0 unspecified atom stereocenters. The van der Waals surface area contributed by atoms with Crippen molar-refractivity contribution in [3.05, 3.63) is 25.3 Å². The third-order valence-corrected chi connectivity index (χ3v) is 1.55. The SMILES string of the molecule is C=CC(=O)OCC.C=CCNCCC(=O)OCC. The second-order valence-corrected chi connectivity index (χ2v) is 3.00. The summed E-state index contributed by atoms with van der Waals surface area (Å²) < 4.78 is 9.15. The standard InChI is InChI=1S/C8H15NO2.C5H8O2/c1-3-6-9-7-5-8(10)11-4-2;1-3-5(6)7-4-2/h3,9H,1,4-7H2,2H3;3H,1,4H2,2H3. The largest absolute Gasteiger partial charge is 0.466 e.